The molecule has 0 saturated heterocycles. The molecule has 1 aromatic carbocycles. The minimum absolute atomic E-state index is 0.153. The Morgan fingerprint density at radius 3 is 2.57 bits per heavy atom. The molecule has 2 N–H and O–H groups in total. The Morgan fingerprint density at radius 1 is 1.33 bits per heavy atom. The van der Waals surface area contributed by atoms with E-state index in [0.29, 0.717) is 6.42 Å². The average molecular weight is 338 g/mol. The molecule has 0 radical (unpaired) electrons. The maximum atomic E-state index is 14.0. The monoisotopic (exact) mass is 337 g/mol. The van der Waals surface area contributed by atoms with Crippen LogP contribution in [0.15, 0.2) is 17.0 Å². The van der Waals surface area contributed by atoms with Gasteiger partial charge in [0.25, 0.3) is 0 Å². The first kappa shape index (κ1) is 17.9. The van der Waals surface area contributed by atoms with Crippen LogP contribution in [0.1, 0.15) is 43.0 Å². The molecule has 8 heteroatoms. The molecule has 0 spiro atoms. The van der Waals surface area contributed by atoms with Crippen LogP contribution in [0.2, 0.25) is 5.02 Å². The van der Waals surface area contributed by atoms with Gasteiger partial charge in [-0.25, -0.2) is 22.3 Å². The molecule has 21 heavy (non-hydrogen) atoms. The zero-order chi connectivity index (χ0) is 16.0. The minimum atomic E-state index is -4.13. The first-order valence-corrected chi connectivity index (χ1v) is 8.37. The number of sulfonamides is 1. The zero-order valence-electron chi connectivity index (χ0n) is 11.5. The number of rotatable bonds is 8. The predicted octanol–water partition coefficient (Wildman–Crippen LogP) is 3.04. The van der Waals surface area contributed by atoms with E-state index in [9.17, 15) is 17.6 Å². The molecule has 0 aliphatic rings. The van der Waals surface area contributed by atoms with E-state index in [4.69, 9.17) is 16.7 Å². The van der Waals surface area contributed by atoms with Gasteiger partial charge in [0.15, 0.2) is 5.82 Å². The quantitative estimate of drug-likeness (QED) is 0.714. The number of carboxylic acid groups (broad SMARTS) is 1. The van der Waals surface area contributed by atoms with Crippen LogP contribution in [0.5, 0.6) is 0 Å². The number of unbranched alkanes of at least 4 members (excludes halogenated alkanes) is 3. The third-order valence-electron chi connectivity index (χ3n) is 2.85. The van der Waals surface area contributed by atoms with Crippen LogP contribution in [0.4, 0.5) is 4.39 Å². The normalized spacial score (nSPS) is 11.6. The molecule has 0 unspecified atom stereocenters. The molecular formula is C13H17ClFNO4S. The van der Waals surface area contributed by atoms with Crippen LogP contribution in [-0.2, 0) is 10.0 Å². The van der Waals surface area contributed by atoms with Crippen molar-refractivity contribution in [2.75, 3.05) is 6.54 Å². The molecule has 0 heterocycles. The van der Waals surface area contributed by atoms with E-state index in [2.05, 4.69) is 4.72 Å². The van der Waals surface area contributed by atoms with Gasteiger partial charge in [0.05, 0.1) is 5.56 Å². The summed E-state index contributed by atoms with van der Waals surface area (Å²) in [7, 11) is -4.13. The van der Waals surface area contributed by atoms with Gasteiger partial charge in [-0.2, -0.15) is 0 Å². The second-order valence-corrected chi connectivity index (χ2v) is 6.70. The van der Waals surface area contributed by atoms with E-state index in [-0.39, 0.29) is 11.6 Å². The summed E-state index contributed by atoms with van der Waals surface area (Å²) in [6, 6.07) is 1.77. The summed E-state index contributed by atoms with van der Waals surface area (Å²) in [6.07, 6.45) is 3.48. The standard InChI is InChI=1S/C13H17ClFNO4S/c1-2-3-4-5-6-16-21(19,20)11-8-9(14)7-10(12(11)15)13(17)18/h7-8,16H,2-6H2,1H3,(H,17,18). The van der Waals surface area contributed by atoms with Crippen molar-refractivity contribution in [3.05, 3.63) is 28.5 Å². The molecule has 5 nitrogen and oxygen atoms in total. The molecule has 0 aliphatic heterocycles. The average Bonchev–Trinajstić information content (AvgIpc) is 2.40. The number of nitrogens with one attached hydrogen (secondary N) is 1. The van der Waals surface area contributed by atoms with Gasteiger partial charge in [-0.15, -0.1) is 0 Å². The van der Waals surface area contributed by atoms with Crippen LogP contribution in [-0.4, -0.2) is 26.0 Å². The highest BCUT2D eigenvalue weighted by molar-refractivity contribution is 7.89. The molecule has 0 aromatic heterocycles. The van der Waals surface area contributed by atoms with Crippen molar-refractivity contribution in [1.29, 1.82) is 0 Å². The number of benzene rings is 1. The summed E-state index contributed by atoms with van der Waals surface area (Å²) in [5, 5.41) is 8.69. The fraction of sp³-hybridized carbons (Fsp3) is 0.462. The summed E-state index contributed by atoms with van der Waals surface area (Å²) in [5.41, 5.74) is -0.770. The predicted molar refractivity (Wildman–Crippen MR) is 77.7 cm³/mol. The zero-order valence-corrected chi connectivity index (χ0v) is 13.1. The van der Waals surface area contributed by atoms with Gasteiger partial charge in [-0.3, -0.25) is 0 Å². The van der Waals surface area contributed by atoms with E-state index < -0.39 is 32.3 Å². The van der Waals surface area contributed by atoms with E-state index in [1.54, 1.807) is 0 Å². The van der Waals surface area contributed by atoms with E-state index >= 15 is 0 Å². The highest BCUT2D eigenvalue weighted by Crippen LogP contribution is 2.23. The minimum Gasteiger partial charge on any atom is -0.478 e. The molecule has 0 fully saturated rings. The molecule has 1 aromatic rings. The topological polar surface area (TPSA) is 83.5 Å². The third kappa shape index (κ3) is 4.94. The molecule has 0 saturated carbocycles. The molecule has 1 rings (SSSR count). The van der Waals surface area contributed by atoms with E-state index in [1.807, 2.05) is 6.92 Å². The molecule has 0 atom stereocenters. The number of carbonyl (C=O) groups is 1. The first-order chi connectivity index (χ1) is 9.79. The van der Waals surface area contributed by atoms with Crippen LogP contribution < -0.4 is 4.72 Å². The summed E-state index contributed by atoms with van der Waals surface area (Å²) >= 11 is 5.65. The van der Waals surface area contributed by atoms with Gasteiger partial charge < -0.3 is 5.11 Å². The highest BCUT2D eigenvalue weighted by Gasteiger charge is 2.24. The third-order valence-corrected chi connectivity index (χ3v) is 4.52. The van der Waals surface area contributed by atoms with Crippen molar-refractivity contribution >= 4 is 27.6 Å². The van der Waals surface area contributed by atoms with Gasteiger partial charge in [0.2, 0.25) is 10.0 Å². The van der Waals surface area contributed by atoms with Crippen molar-refractivity contribution in [2.45, 2.75) is 37.5 Å². The lowest BCUT2D eigenvalue weighted by Crippen LogP contribution is -2.26. The van der Waals surface area contributed by atoms with Crippen molar-refractivity contribution in [2.24, 2.45) is 0 Å². The van der Waals surface area contributed by atoms with E-state index in [0.717, 1.165) is 31.4 Å². The lowest BCUT2D eigenvalue weighted by Gasteiger charge is -2.09. The van der Waals surface area contributed by atoms with Crippen LogP contribution in [0.25, 0.3) is 0 Å². The smallest absolute Gasteiger partial charge is 0.338 e. The second kappa shape index (κ2) is 7.72. The molecule has 0 aliphatic carbocycles. The Kier molecular flexibility index (Phi) is 6.57. The van der Waals surface area contributed by atoms with E-state index in [1.165, 1.54) is 0 Å². The molecule has 0 amide bonds. The van der Waals surface area contributed by atoms with Crippen molar-refractivity contribution in [3.8, 4) is 0 Å². The first-order valence-electron chi connectivity index (χ1n) is 6.51. The Hall–Kier alpha value is -1.18. The number of hydrogen-bond acceptors (Lipinski definition) is 3. The van der Waals surface area contributed by atoms with Crippen LogP contribution in [0.3, 0.4) is 0 Å². The Labute approximate surface area is 128 Å². The lowest BCUT2D eigenvalue weighted by atomic mass is 10.2. The van der Waals surface area contributed by atoms with Gasteiger partial charge in [-0.05, 0) is 18.6 Å². The Morgan fingerprint density at radius 2 is 2.00 bits per heavy atom. The summed E-state index contributed by atoms with van der Waals surface area (Å²) in [6.45, 7) is 2.19. The van der Waals surface area contributed by atoms with Gasteiger partial charge >= 0.3 is 5.97 Å². The highest BCUT2D eigenvalue weighted by atomic mass is 35.5. The van der Waals surface area contributed by atoms with Gasteiger partial charge in [0.1, 0.15) is 4.90 Å². The lowest BCUT2D eigenvalue weighted by molar-refractivity contribution is 0.0691. The second-order valence-electron chi connectivity index (χ2n) is 4.53. The van der Waals surface area contributed by atoms with Crippen molar-refractivity contribution < 1.29 is 22.7 Å². The molecular weight excluding hydrogens is 321 g/mol. The SMILES string of the molecule is CCCCCCNS(=O)(=O)c1cc(Cl)cc(C(=O)O)c1F. The maximum Gasteiger partial charge on any atom is 0.338 e. The van der Waals surface area contributed by atoms with Gasteiger partial charge in [0, 0.05) is 11.6 Å². The molecule has 0 bridgehead atoms. The fourth-order valence-electron chi connectivity index (χ4n) is 1.75. The Bertz CT molecular complexity index is 619. The summed E-state index contributed by atoms with van der Waals surface area (Å²) in [4.78, 5) is 10.1. The number of carboxylic acids is 1. The number of halogens is 2. The van der Waals surface area contributed by atoms with Crippen molar-refractivity contribution in [3.63, 3.8) is 0 Å². The fourth-order valence-corrected chi connectivity index (χ4v) is 3.23. The number of hydrogen-bond donors (Lipinski definition) is 2. The van der Waals surface area contributed by atoms with Crippen LogP contribution >= 0.6 is 11.6 Å². The molecule has 118 valence electrons. The summed E-state index contributed by atoms with van der Waals surface area (Å²) < 4.78 is 40.2. The summed E-state index contributed by atoms with van der Waals surface area (Å²) in [5.74, 6) is -2.89. The van der Waals surface area contributed by atoms with Crippen molar-refractivity contribution in [1.82, 2.24) is 4.72 Å². The Balaban J connectivity index is 2.95. The largest absolute Gasteiger partial charge is 0.478 e. The van der Waals surface area contributed by atoms with Crippen LogP contribution in [0, 0.1) is 5.82 Å². The van der Waals surface area contributed by atoms with Gasteiger partial charge in [-0.1, -0.05) is 37.8 Å². The number of aromatic carboxylic acids is 1. The maximum absolute atomic E-state index is 14.0.